The minimum absolute atomic E-state index is 0.00301. The van der Waals surface area contributed by atoms with E-state index >= 15 is 0 Å². The van der Waals surface area contributed by atoms with Gasteiger partial charge in [-0.2, -0.15) is 0 Å². The number of hydrogen-bond donors (Lipinski definition) is 0. The minimum Gasteiger partial charge on any atom is -0.497 e. The molecule has 1 aromatic rings. The van der Waals surface area contributed by atoms with E-state index < -0.39 is 5.41 Å². The lowest BCUT2D eigenvalue weighted by Gasteiger charge is -2.51. The van der Waals surface area contributed by atoms with Crippen molar-refractivity contribution in [2.24, 2.45) is 0 Å². The maximum absolute atomic E-state index is 11.9. The summed E-state index contributed by atoms with van der Waals surface area (Å²) in [5.41, 5.74) is 2.71. The van der Waals surface area contributed by atoms with Gasteiger partial charge in [-0.05, 0) is 38.1 Å². The number of likely N-dealkylation sites (tertiary alicyclic amines) is 1. The van der Waals surface area contributed by atoms with Crippen LogP contribution in [-0.2, 0) is 16.6 Å². The van der Waals surface area contributed by atoms with Gasteiger partial charge in [0.1, 0.15) is 5.76 Å². The Morgan fingerprint density at radius 2 is 2.15 bits per heavy atom. The molecule has 0 aromatic heterocycles. The molecule has 0 N–H and O–H groups in total. The van der Waals surface area contributed by atoms with Crippen LogP contribution in [0, 0.1) is 10.1 Å². The van der Waals surface area contributed by atoms with E-state index in [1.807, 2.05) is 13.1 Å². The first kappa shape index (κ1) is 15.7. The van der Waals surface area contributed by atoms with Crippen molar-refractivity contribution in [3.63, 3.8) is 0 Å². The smallest absolute Gasteiger partial charge is 0.274 e. The Hall–Kier alpha value is -2.54. The molecular formula is C19H20N2O5. The lowest BCUT2D eigenvalue weighted by atomic mass is 9.56. The van der Waals surface area contributed by atoms with Gasteiger partial charge in [0, 0.05) is 17.2 Å². The Morgan fingerprint density at radius 1 is 1.35 bits per heavy atom. The normalized spacial score (nSPS) is 31.1. The van der Waals surface area contributed by atoms with Gasteiger partial charge >= 0.3 is 0 Å². The van der Waals surface area contributed by atoms with E-state index in [1.54, 1.807) is 20.3 Å². The Kier molecular flexibility index (Phi) is 3.02. The number of likely N-dealkylation sites (N-methyl/N-ethyl adjacent to an activating group) is 1. The SMILES string of the molecule is COC1=CC([N+](=O)[O-])=C2[C@H]3Cc4ccc(OC)c5c4[C@@]2(CCN3C)[C@H]1O5. The van der Waals surface area contributed by atoms with Crippen LogP contribution in [0.5, 0.6) is 11.5 Å². The number of benzene rings is 1. The second-order valence-electron chi connectivity index (χ2n) is 7.36. The van der Waals surface area contributed by atoms with Gasteiger partial charge < -0.3 is 14.2 Å². The van der Waals surface area contributed by atoms with Gasteiger partial charge in [0.25, 0.3) is 5.70 Å². The molecule has 0 saturated carbocycles. The van der Waals surface area contributed by atoms with E-state index in [-0.39, 0.29) is 22.8 Å². The van der Waals surface area contributed by atoms with E-state index in [2.05, 4.69) is 11.0 Å². The van der Waals surface area contributed by atoms with Crippen molar-refractivity contribution in [1.82, 2.24) is 4.90 Å². The van der Waals surface area contributed by atoms with E-state index in [0.717, 1.165) is 30.5 Å². The van der Waals surface area contributed by atoms with E-state index in [4.69, 9.17) is 14.2 Å². The number of piperidine rings is 1. The third kappa shape index (κ3) is 1.62. The van der Waals surface area contributed by atoms with Crippen molar-refractivity contribution in [2.45, 2.75) is 30.4 Å². The third-order valence-corrected chi connectivity index (χ3v) is 6.42. The largest absolute Gasteiger partial charge is 0.497 e. The number of ether oxygens (including phenoxy) is 3. The van der Waals surface area contributed by atoms with Crippen molar-refractivity contribution in [1.29, 1.82) is 0 Å². The van der Waals surface area contributed by atoms with Crippen LogP contribution < -0.4 is 9.47 Å². The first-order valence-electron chi connectivity index (χ1n) is 8.74. The summed E-state index contributed by atoms with van der Waals surface area (Å²) in [4.78, 5) is 13.9. The molecule has 2 heterocycles. The Bertz CT molecular complexity index is 905. The molecule has 3 atom stereocenters. The highest BCUT2D eigenvalue weighted by molar-refractivity contribution is 5.68. The summed E-state index contributed by atoms with van der Waals surface area (Å²) in [5, 5.41) is 11.9. The molecule has 2 aliphatic heterocycles. The summed E-state index contributed by atoms with van der Waals surface area (Å²) >= 11 is 0. The number of methoxy groups -OCH3 is 2. The molecular weight excluding hydrogens is 336 g/mol. The first-order chi connectivity index (χ1) is 12.5. The summed E-state index contributed by atoms with van der Waals surface area (Å²) in [6, 6.07) is 4.00. The van der Waals surface area contributed by atoms with Crippen LogP contribution in [0.1, 0.15) is 17.5 Å². The topological polar surface area (TPSA) is 74.1 Å². The standard InChI is InChI=1S/C19H20N2O5/c1-20-7-6-19-15-10-4-5-13(24-2)17(15)26-18(19)14(25-3)9-12(21(22)23)16(19)11(20)8-10/h4-5,9,11,18H,6-8H2,1-3H3/t11-,18+,19-/m1/s1. The molecule has 1 fully saturated rings. The summed E-state index contributed by atoms with van der Waals surface area (Å²) in [7, 11) is 5.20. The highest BCUT2D eigenvalue weighted by Gasteiger charge is 2.65. The fraction of sp³-hybridized carbons (Fsp3) is 0.474. The number of hydrogen-bond acceptors (Lipinski definition) is 6. The fourth-order valence-corrected chi connectivity index (χ4v) is 5.36. The van der Waals surface area contributed by atoms with Gasteiger partial charge in [-0.25, -0.2) is 0 Å². The van der Waals surface area contributed by atoms with Gasteiger partial charge in [0.15, 0.2) is 17.6 Å². The highest BCUT2D eigenvalue weighted by atomic mass is 16.6. The summed E-state index contributed by atoms with van der Waals surface area (Å²) in [6.07, 6.45) is 2.66. The van der Waals surface area contributed by atoms with Gasteiger partial charge in [-0.1, -0.05) is 6.07 Å². The van der Waals surface area contributed by atoms with E-state index in [1.165, 1.54) is 5.56 Å². The Morgan fingerprint density at radius 3 is 2.85 bits per heavy atom. The molecule has 7 heteroatoms. The zero-order chi connectivity index (χ0) is 18.2. The molecule has 2 bridgehead atoms. The predicted octanol–water partition coefficient (Wildman–Crippen LogP) is 2.03. The van der Waals surface area contributed by atoms with Gasteiger partial charge in [-0.3, -0.25) is 15.0 Å². The number of nitro groups is 1. The van der Waals surface area contributed by atoms with Crippen molar-refractivity contribution >= 4 is 0 Å². The molecule has 4 aliphatic rings. The summed E-state index contributed by atoms with van der Waals surface area (Å²) < 4.78 is 17.5. The van der Waals surface area contributed by atoms with Crippen molar-refractivity contribution in [2.75, 3.05) is 27.8 Å². The van der Waals surface area contributed by atoms with Crippen LogP contribution in [0.3, 0.4) is 0 Å². The van der Waals surface area contributed by atoms with Crippen LogP contribution in [0.25, 0.3) is 0 Å². The lowest BCUT2D eigenvalue weighted by Crippen LogP contribution is -2.59. The average Bonchev–Trinajstić information content (AvgIpc) is 2.98. The quantitative estimate of drug-likeness (QED) is 0.609. The Labute approximate surface area is 151 Å². The second kappa shape index (κ2) is 5.01. The molecule has 0 unspecified atom stereocenters. The van der Waals surface area contributed by atoms with Crippen molar-refractivity contribution in [3.8, 4) is 11.5 Å². The van der Waals surface area contributed by atoms with Crippen LogP contribution in [-0.4, -0.2) is 49.8 Å². The van der Waals surface area contributed by atoms with E-state index in [9.17, 15) is 10.1 Å². The zero-order valence-electron chi connectivity index (χ0n) is 14.9. The number of nitrogens with zero attached hydrogens (tertiary/aromatic N) is 2. The Balaban J connectivity index is 1.90. The zero-order valence-corrected chi connectivity index (χ0v) is 14.9. The maximum atomic E-state index is 11.9. The second-order valence-corrected chi connectivity index (χ2v) is 7.36. The van der Waals surface area contributed by atoms with Crippen LogP contribution in [0.4, 0.5) is 0 Å². The molecule has 1 aromatic carbocycles. The highest BCUT2D eigenvalue weighted by Crippen LogP contribution is 2.63. The predicted molar refractivity (Wildman–Crippen MR) is 92.9 cm³/mol. The average molecular weight is 356 g/mol. The molecule has 136 valence electrons. The van der Waals surface area contributed by atoms with Gasteiger partial charge in [0.05, 0.1) is 30.6 Å². The molecule has 5 rings (SSSR count). The molecule has 1 saturated heterocycles. The maximum Gasteiger partial charge on any atom is 0.274 e. The van der Waals surface area contributed by atoms with Crippen LogP contribution >= 0.6 is 0 Å². The lowest BCUT2D eigenvalue weighted by molar-refractivity contribution is -0.422. The first-order valence-corrected chi connectivity index (χ1v) is 8.74. The minimum atomic E-state index is -0.545. The molecule has 2 aliphatic carbocycles. The van der Waals surface area contributed by atoms with Crippen LogP contribution in [0.15, 0.2) is 35.2 Å². The number of allylic oxidation sites excluding steroid dienone is 1. The van der Waals surface area contributed by atoms with Crippen molar-refractivity contribution in [3.05, 3.63) is 56.5 Å². The fourth-order valence-electron chi connectivity index (χ4n) is 5.36. The molecule has 7 nitrogen and oxygen atoms in total. The molecule has 0 amide bonds. The summed E-state index contributed by atoms with van der Waals surface area (Å²) in [5.74, 6) is 1.89. The van der Waals surface area contributed by atoms with Crippen LogP contribution in [0.2, 0.25) is 0 Å². The molecule has 0 radical (unpaired) electrons. The van der Waals surface area contributed by atoms with E-state index in [0.29, 0.717) is 17.3 Å². The van der Waals surface area contributed by atoms with Gasteiger partial charge in [0.2, 0.25) is 0 Å². The van der Waals surface area contributed by atoms with Gasteiger partial charge in [-0.15, -0.1) is 0 Å². The molecule has 26 heavy (non-hydrogen) atoms. The number of rotatable bonds is 3. The summed E-state index contributed by atoms with van der Waals surface area (Å²) in [6.45, 7) is 0.853. The molecule has 1 spiro atoms. The monoisotopic (exact) mass is 356 g/mol. The van der Waals surface area contributed by atoms with Crippen molar-refractivity contribution < 1.29 is 19.1 Å². The third-order valence-electron chi connectivity index (χ3n) is 6.42.